The van der Waals surface area contributed by atoms with Crippen LogP contribution in [0.4, 0.5) is 0 Å². The van der Waals surface area contributed by atoms with E-state index >= 15 is 0 Å². The fourth-order valence-electron chi connectivity index (χ4n) is 3.83. The smallest absolute Gasteiger partial charge is 0.301 e. The molecule has 1 saturated carbocycles. The number of aliphatic carboxylic acids is 1. The van der Waals surface area contributed by atoms with E-state index in [-0.39, 0.29) is 12.4 Å². The van der Waals surface area contributed by atoms with Gasteiger partial charge in [-0.2, -0.15) is 0 Å². The normalized spacial score (nSPS) is 23.6. The second-order valence-electron chi connectivity index (χ2n) is 6.93. The minimum Gasteiger partial charge on any atom is -0.481 e. The first-order chi connectivity index (χ1) is 10.5. The number of benzene rings is 1. The first-order valence-corrected chi connectivity index (χ1v) is 8.84. The molecule has 23 heavy (non-hydrogen) atoms. The van der Waals surface area contributed by atoms with Gasteiger partial charge in [0.05, 0.1) is 0 Å². The van der Waals surface area contributed by atoms with Gasteiger partial charge >= 0.3 is 5.97 Å². The molecule has 0 amide bonds. The zero-order valence-corrected chi connectivity index (χ0v) is 15.6. The summed E-state index contributed by atoms with van der Waals surface area (Å²) in [7, 11) is 1.96. The molecule has 1 aromatic rings. The lowest BCUT2D eigenvalue weighted by atomic mass is 9.54. The zero-order chi connectivity index (χ0) is 16.2. The SMILES string of the molecule is BC(CCCC)(C(=O)O)C1CCC(c2ccc(Cl)cc2)CC1.Cl. The minimum atomic E-state index is -0.615. The van der Waals surface area contributed by atoms with Gasteiger partial charge in [0.2, 0.25) is 0 Å². The van der Waals surface area contributed by atoms with Gasteiger partial charge in [0, 0.05) is 10.3 Å². The van der Waals surface area contributed by atoms with Crippen LogP contribution < -0.4 is 0 Å². The molecule has 0 aromatic heterocycles. The van der Waals surface area contributed by atoms with Gasteiger partial charge < -0.3 is 5.11 Å². The fraction of sp³-hybridized carbons (Fsp3) is 0.611. The Labute approximate surface area is 151 Å². The van der Waals surface area contributed by atoms with Crippen molar-refractivity contribution in [3.63, 3.8) is 0 Å². The maximum absolute atomic E-state index is 11.8. The van der Waals surface area contributed by atoms with E-state index in [1.807, 2.05) is 20.0 Å². The Balaban J connectivity index is 0.00000264. The molecule has 0 radical (unpaired) electrons. The maximum Gasteiger partial charge on any atom is 0.301 e. The molecule has 0 spiro atoms. The largest absolute Gasteiger partial charge is 0.481 e. The van der Waals surface area contributed by atoms with Crippen molar-refractivity contribution in [2.75, 3.05) is 0 Å². The Morgan fingerprint density at radius 2 is 1.83 bits per heavy atom. The fourth-order valence-corrected chi connectivity index (χ4v) is 3.95. The van der Waals surface area contributed by atoms with Crippen LogP contribution in [-0.2, 0) is 4.79 Å². The molecule has 0 saturated heterocycles. The van der Waals surface area contributed by atoms with Crippen LogP contribution in [0.1, 0.15) is 63.4 Å². The summed E-state index contributed by atoms with van der Waals surface area (Å²) in [5, 5.41) is 9.93. The molecule has 2 rings (SSSR count). The Morgan fingerprint density at radius 3 is 2.30 bits per heavy atom. The highest BCUT2D eigenvalue weighted by molar-refractivity contribution is 6.30. The molecule has 5 heteroatoms. The average Bonchev–Trinajstić information content (AvgIpc) is 2.53. The minimum absolute atomic E-state index is 0. The maximum atomic E-state index is 11.8. The van der Waals surface area contributed by atoms with Gasteiger partial charge in [-0.3, -0.25) is 4.79 Å². The number of hydrogen-bond acceptors (Lipinski definition) is 1. The average molecular weight is 357 g/mol. The van der Waals surface area contributed by atoms with Crippen molar-refractivity contribution in [3.8, 4) is 0 Å². The van der Waals surface area contributed by atoms with Crippen LogP contribution in [0.5, 0.6) is 0 Å². The number of rotatable bonds is 6. The molecule has 1 aromatic carbocycles. The van der Waals surface area contributed by atoms with Gasteiger partial charge in [-0.25, -0.2) is 0 Å². The third kappa shape index (κ3) is 4.90. The van der Waals surface area contributed by atoms with E-state index in [4.69, 9.17) is 11.6 Å². The van der Waals surface area contributed by atoms with E-state index in [0.29, 0.717) is 11.8 Å². The van der Waals surface area contributed by atoms with Crippen molar-refractivity contribution in [2.45, 2.75) is 63.1 Å². The number of carboxylic acid groups (broad SMARTS) is 1. The topological polar surface area (TPSA) is 37.3 Å². The number of hydrogen-bond donors (Lipinski definition) is 1. The first-order valence-electron chi connectivity index (χ1n) is 8.46. The third-order valence-electron chi connectivity index (χ3n) is 5.51. The molecule has 1 atom stereocenters. The highest BCUT2D eigenvalue weighted by atomic mass is 35.5. The highest BCUT2D eigenvalue weighted by Gasteiger charge is 2.42. The monoisotopic (exact) mass is 356 g/mol. The van der Waals surface area contributed by atoms with Crippen LogP contribution >= 0.6 is 24.0 Å². The van der Waals surface area contributed by atoms with Crippen molar-refractivity contribution in [2.24, 2.45) is 5.92 Å². The number of carboxylic acids is 1. The second kappa shape index (κ2) is 8.99. The molecular weight excluding hydrogens is 330 g/mol. The second-order valence-corrected chi connectivity index (χ2v) is 7.36. The summed E-state index contributed by atoms with van der Waals surface area (Å²) in [6, 6.07) is 8.12. The van der Waals surface area contributed by atoms with Crippen molar-refractivity contribution < 1.29 is 9.90 Å². The lowest BCUT2D eigenvalue weighted by molar-refractivity contribution is -0.143. The van der Waals surface area contributed by atoms with Gasteiger partial charge in [-0.15, -0.1) is 12.4 Å². The molecule has 2 nitrogen and oxygen atoms in total. The molecule has 0 bridgehead atoms. The first kappa shape index (κ1) is 20.4. The molecule has 0 heterocycles. The van der Waals surface area contributed by atoms with Gasteiger partial charge in [-0.05, 0) is 61.6 Å². The van der Waals surface area contributed by atoms with E-state index in [2.05, 4.69) is 19.1 Å². The molecule has 1 aliphatic carbocycles. The Hall–Kier alpha value is -0.665. The molecule has 128 valence electrons. The highest BCUT2D eigenvalue weighted by Crippen LogP contribution is 2.48. The summed E-state index contributed by atoms with van der Waals surface area (Å²) >= 11 is 5.95. The van der Waals surface area contributed by atoms with Gasteiger partial charge in [0.1, 0.15) is 7.85 Å². The van der Waals surface area contributed by atoms with Crippen molar-refractivity contribution in [1.29, 1.82) is 0 Å². The quantitative estimate of drug-likeness (QED) is 0.719. The van der Waals surface area contributed by atoms with Crippen molar-refractivity contribution in [3.05, 3.63) is 34.9 Å². The summed E-state index contributed by atoms with van der Waals surface area (Å²) in [5.74, 6) is 0.244. The zero-order valence-electron chi connectivity index (χ0n) is 14.1. The van der Waals surface area contributed by atoms with Crippen LogP contribution in [0.25, 0.3) is 0 Å². The molecule has 1 unspecified atom stereocenters. The molecule has 0 aliphatic heterocycles. The van der Waals surface area contributed by atoms with Gasteiger partial charge in [0.25, 0.3) is 0 Å². The van der Waals surface area contributed by atoms with Crippen molar-refractivity contribution in [1.82, 2.24) is 0 Å². The van der Waals surface area contributed by atoms with E-state index in [1.54, 1.807) is 0 Å². The number of halogens is 2. The summed E-state index contributed by atoms with van der Waals surface area (Å²) < 4.78 is 0. The number of carbonyl (C=O) groups is 1. The van der Waals surface area contributed by atoms with Crippen LogP contribution in [-0.4, -0.2) is 18.9 Å². The van der Waals surface area contributed by atoms with Crippen LogP contribution in [0, 0.1) is 5.92 Å². The van der Waals surface area contributed by atoms with E-state index in [0.717, 1.165) is 50.0 Å². The summed E-state index contributed by atoms with van der Waals surface area (Å²) in [5.41, 5.74) is 1.34. The molecule has 1 fully saturated rings. The van der Waals surface area contributed by atoms with Gasteiger partial charge in [-0.1, -0.05) is 43.5 Å². The van der Waals surface area contributed by atoms with Gasteiger partial charge in [0.15, 0.2) is 0 Å². The Morgan fingerprint density at radius 1 is 1.26 bits per heavy atom. The number of unbranched alkanes of at least 4 members (excludes halogenated alkanes) is 1. The van der Waals surface area contributed by atoms with Crippen LogP contribution in [0.3, 0.4) is 0 Å². The Kier molecular flexibility index (Phi) is 7.96. The lowest BCUT2D eigenvalue weighted by Crippen LogP contribution is -2.34. The van der Waals surface area contributed by atoms with E-state index in [1.165, 1.54) is 5.56 Å². The predicted molar refractivity (Wildman–Crippen MR) is 102 cm³/mol. The predicted octanol–water partition coefficient (Wildman–Crippen LogP) is 5.10. The summed E-state index contributed by atoms with van der Waals surface area (Å²) in [6.07, 6.45) is 7.06. The summed E-state index contributed by atoms with van der Waals surface area (Å²) in [6.45, 7) is 2.12. The molecule has 1 aliphatic rings. The van der Waals surface area contributed by atoms with Crippen molar-refractivity contribution >= 4 is 37.8 Å². The molecule has 1 N–H and O–H groups in total. The van der Waals surface area contributed by atoms with E-state index in [9.17, 15) is 9.90 Å². The van der Waals surface area contributed by atoms with Crippen LogP contribution in [0.2, 0.25) is 10.3 Å². The summed E-state index contributed by atoms with van der Waals surface area (Å²) in [4.78, 5) is 11.8. The lowest BCUT2D eigenvalue weighted by Gasteiger charge is -2.39. The van der Waals surface area contributed by atoms with Crippen LogP contribution in [0.15, 0.2) is 24.3 Å². The standard InChI is InChI=1S/C18H26BClO2.ClH/c1-2-3-12-18(19,17(21)22)15-8-4-13(5-9-15)14-6-10-16(20)11-7-14;/h6-7,10-11,13,15H,2-5,8-9,12,19H2,1H3,(H,21,22);1H. The third-order valence-corrected chi connectivity index (χ3v) is 5.76. The Bertz CT molecular complexity index is 498. The molecular formula is C18H27BCl2O2. The van der Waals surface area contributed by atoms with E-state index < -0.39 is 11.3 Å².